The molecule has 1 N–H and O–H groups in total. The Morgan fingerprint density at radius 2 is 2.27 bits per heavy atom. The summed E-state index contributed by atoms with van der Waals surface area (Å²) in [5.41, 5.74) is 2.04. The van der Waals surface area contributed by atoms with Gasteiger partial charge >= 0.3 is 0 Å². The lowest BCUT2D eigenvalue weighted by atomic mass is 10.2. The van der Waals surface area contributed by atoms with Gasteiger partial charge in [-0.15, -0.1) is 16.4 Å². The Bertz CT molecular complexity index is 938. The molecule has 0 saturated carbocycles. The second kappa shape index (κ2) is 7.00. The summed E-state index contributed by atoms with van der Waals surface area (Å²) in [6.45, 7) is 0.696. The van der Waals surface area contributed by atoms with Gasteiger partial charge in [0.15, 0.2) is 5.13 Å². The monoisotopic (exact) mass is 369 g/mol. The van der Waals surface area contributed by atoms with Crippen molar-refractivity contribution in [2.45, 2.75) is 19.3 Å². The van der Waals surface area contributed by atoms with Crippen LogP contribution in [0.4, 0.5) is 10.8 Å². The van der Waals surface area contributed by atoms with Crippen LogP contribution >= 0.6 is 11.3 Å². The van der Waals surface area contributed by atoms with E-state index in [1.807, 2.05) is 17.5 Å². The molecule has 3 aromatic rings. The van der Waals surface area contributed by atoms with Gasteiger partial charge in [-0.25, -0.2) is 9.67 Å². The number of carbonyl (C=O) groups excluding carboxylic acids is 2. The molecule has 1 aliphatic rings. The topological polar surface area (TPSA) is 106 Å². The quantitative estimate of drug-likeness (QED) is 0.729. The van der Waals surface area contributed by atoms with Crippen LogP contribution in [0.15, 0.2) is 36.0 Å². The minimum Gasteiger partial charge on any atom is -0.326 e. The van der Waals surface area contributed by atoms with E-state index in [9.17, 15) is 9.59 Å². The average Bonchev–Trinajstić information content (AvgIpc) is 3.36. The third-order valence-corrected chi connectivity index (χ3v) is 4.84. The van der Waals surface area contributed by atoms with E-state index in [1.165, 1.54) is 22.3 Å². The van der Waals surface area contributed by atoms with Gasteiger partial charge in [-0.1, -0.05) is 6.07 Å². The first-order valence-electron chi connectivity index (χ1n) is 8.07. The molecule has 0 spiro atoms. The number of amides is 2. The van der Waals surface area contributed by atoms with Gasteiger partial charge in [0.25, 0.3) is 0 Å². The maximum absolute atomic E-state index is 12.3. The minimum absolute atomic E-state index is 0.0924. The van der Waals surface area contributed by atoms with Crippen molar-refractivity contribution in [3.05, 3.63) is 41.7 Å². The Labute approximate surface area is 152 Å². The van der Waals surface area contributed by atoms with Crippen LogP contribution in [0, 0.1) is 0 Å². The highest BCUT2D eigenvalue weighted by atomic mass is 32.1. The molecule has 0 radical (unpaired) electrons. The van der Waals surface area contributed by atoms with Gasteiger partial charge in [0.2, 0.25) is 11.8 Å². The van der Waals surface area contributed by atoms with Crippen LogP contribution in [0.5, 0.6) is 0 Å². The summed E-state index contributed by atoms with van der Waals surface area (Å²) in [6.07, 6.45) is 3.05. The second-order valence-electron chi connectivity index (χ2n) is 5.80. The number of benzene rings is 1. The molecule has 4 rings (SSSR count). The number of hydrogen-bond acceptors (Lipinski definition) is 7. The number of anilines is 2. The fourth-order valence-corrected chi connectivity index (χ4v) is 3.60. The van der Waals surface area contributed by atoms with E-state index in [0.717, 1.165) is 12.1 Å². The summed E-state index contributed by atoms with van der Waals surface area (Å²) in [5, 5.41) is 16.3. The number of hydrogen-bond donors (Lipinski definition) is 1. The molecule has 26 heavy (non-hydrogen) atoms. The number of carbonyl (C=O) groups is 2. The predicted molar refractivity (Wildman–Crippen MR) is 95.2 cm³/mol. The maximum Gasteiger partial charge on any atom is 0.230 e. The zero-order valence-electron chi connectivity index (χ0n) is 13.7. The van der Waals surface area contributed by atoms with Gasteiger partial charge in [-0.3, -0.25) is 14.5 Å². The fourth-order valence-electron chi connectivity index (χ4n) is 2.73. The first kappa shape index (κ1) is 16.3. The number of rotatable bonds is 5. The van der Waals surface area contributed by atoms with Crippen molar-refractivity contribution >= 4 is 34.0 Å². The zero-order valence-corrected chi connectivity index (χ0v) is 14.5. The van der Waals surface area contributed by atoms with Crippen LogP contribution in [0.2, 0.25) is 0 Å². The van der Waals surface area contributed by atoms with Crippen molar-refractivity contribution < 1.29 is 9.59 Å². The standard InChI is InChI=1S/C16H15N7O2S/c24-14(8-12-9-26-16(19-12)22-6-2-5-15(22)25)18-11-3-1-4-13(7-11)23-10-17-20-21-23/h1,3-4,7,9-10H,2,5-6,8H2,(H,18,24). The molecule has 2 amide bonds. The molecule has 0 bridgehead atoms. The van der Waals surface area contributed by atoms with Crippen molar-refractivity contribution in [1.29, 1.82) is 0 Å². The van der Waals surface area contributed by atoms with Gasteiger partial charge in [0, 0.05) is 24.0 Å². The lowest BCUT2D eigenvalue weighted by molar-refractivity contribution is -0.117. The minimum atomic E-state index is -0.177. The van der Waals surface area contributed by atoms with Crippen molar-refractivity contribution in [3.8, 4) is 5.69 Å². The summed E-state index contributed by atoms with van der Waals surface area (Å²) in [6, 6.07) is 7.23. The smallest absolute Gasteiger partial charge is 0.230 e. The van der Waals surface area contributed by atoms with E-state index in [2.05, 4.69) is 25.8 Å². The van der Waals surface area contributed by atoms with Crippen LogP contribution in [0.3, 0.4) is 0 Å². The van der Waals surface area contributed by atoms with E-state index in [1.54, 1.807) is 17.0 Å². The number of tetrazole rings is 1. The lowest BCUT2D eigenvalue weighted by Gasteiger charge is -2.10. The Hall–Kier alpha value is -3.14. The summed E-state index contributed by atoms with van der Waals surface area (Å²) in [4.78, 5) is 30.2. The highest BCUT2D eigenvalue weighted by molar-refractivity contribution is 7.14. The molecule has 1 aromatic carbocycles. The maximum atomic E-state index is 12.3. The lowest BCUT2D eigenvalue weighted by Crippen LogP contribution is -2.23. The Balaban J connectivity index is 1.41. The molecule has 2 aromatic heterocycles. The Kier molecular flexibility index (Phi) is 4.40. The summed E-state index contributed by atoms with van der Waals surface area (Å²) in [5.74, 6) is -0.0850. The number of thiazole rings is 1. The first-order chi connectivity index (χ1) is 12.7. The third-order valence-electron chi connectivity index (χ3n) is 3.93. The van der Waals surface area contributed by atoms with Crippen molar-refractivity contribution in [3.63, 3.8) is 0 Å². The Morgan fingerprint density at radius 3 is 3.04 bits per heavy atom. The molecule has 0 unspecified atom stereocenters. The zero-order chi connectivity index (χ0) is 17.9. The van der Waals surface area contributed by atoms with Gasteiger partial charge in [0.05, 0.1) is 17.8 Å². The molecule has 0 aliphatic carbocycles. The predicted octanol–water partition coefficient (Wildman–Crippen LogP) is 1.43. The molecule has 10 heteroatoms. The second-order valence-corrected chi connectivity index (χ2v) is 6.64. The largest absolute Gasteiger partial charge is 0.326 e. The molecular weight excluding hydrogens is 354 g/mol. The molecule has 1 aliphatic heterocycles. The molecular formula is C16H15N7O2S. The normalized spacial score (nSPS) is 14.0. The van der Waals surface area contributed by atoms with Crippen LogP contribution in [-0.2, 0) is 16.0 Å². The van der Waals surface area contributed by atoms with Crippen LogP contribution < -0.4 is 10.2 Å². The summed E-state index contributed by atoms with van der Waals surface area (Å²) < 4.78 is 1.51. The molecule has 9 nitrogen and oxygen atoms in total. The van der Waals surface area contributed by atoms with E-state index in [-0.39, 0.29) is 18.2 Å². The SMILES string of the molecule is O=C(Cc1csc(N2CCCC2=O)n1)Nc1cccc(-n2cnnn2)c1. The van der Waals surface area contributed by atoms with E-state index in [0.29, 0.717) is 29.5 Å². The van der Waals surface area contributed by atoms with Gasteiger partial charge < -0.3 is 5.32 Å². The molecule has 1 saturated heterocycles. The van der Waals surface area contributed by atoms with E-state index < -0.39 is 0 Å². The van der Waals surface area contributed by atoms with Gasteiger partial charge in [0.1, 0.15) is 6.33 Å². The van der Waals surface area contributed by atoms with Crippen molar-refractivity contribution in [2.24, 2.45) is 0 Å². The number of aromatic nitrogens is 5. The molecule has 3 heterocycles. The van der Waals surface area contributed by atoms with E-state index in [4.69, 9.17) is 0 Å². The molecule has 132 valence electrons. The third kappa shape index (κ3) is 3.45. The number of nitrogens with one attached hydrogen (secondary N) is 1. The average molecular weight is 369 g/mol. The highest BCUT2D eigenvalue weighted by Gasteiger charge is 2.24. The van der Waals surface area contributed by atoms with Crippen molar-refractivity contribution in [2.75, 3.05) is 16.8 Å². The van der Waals surface area contributed by atoms with Crippen LogP contribution in [0.25, 0.3) is 5.69 Å². The first-order valence-corrected chi connectivity index (χ1v) is 8.95. The van der Waals surface area contributed by atoms with Crippen LogP contribution in [-0.4, -0.2) is 43.6 Å². The van der Waals surface area contributed by atoms with E-state index >= 15 is 0 Å². The number of nitrogens with zero attached hydrogens (tertiary/aromatic N) is 6. The highest BCUT2D eigenvalue weighted by Crippen LogP contribution is 2.25. The van der Waals surface area contributed by atoms with Crippen LogP contribution in [0.1, 0.15) is 18.5 Å². The van der Waals surface area contributed by atoms with Gasteiger partial charge in [-0.05, 0) is 35.0 Å². The molecule has 1 fully saturated rings. The fraction of sp³-hybridized carbons (Fsp3) is 0.250. The van der Waals surface area contributed by atoms with Gasteiger partial charge in [-0.2, -0.15) is 0 Å². The van der Waals surface area contributed by atoms with Crippen molar-refractivity contribution in [1.82, 2.24) is 25.2 Å². The summed E-state index contributed by atoms with van der Waals surface area (Å²) >= 11 is 1.39. The summed E-state index contributed by atoms with van der Waals surface area (Å²) in [7, 11) is 0. The Morgan fingerprint density at radius 1 is 1.35 bits per heavy atom. The molecule has 0 atom stereocenters.